The average molecular weight is 1180 g/mol. The number of carbonyl (C=O) groups is 2. The summed E-state index contributed by atoms with van der Waals surface area (Å²) in [4.78, 5) is 26.6. The predicted molar refractivity (Wildman–Crippen MR) is 276 cm³/mol. The van der Waals surface area contributed by atoms with Crippen LogP contribution < -0.4 is 0 Å². The summed E-state index contributed by atoms with van der Waals surface area (Å²) in [5, 5.41) is 66.5. The Morgan fingerprint density at radius 1 is 0.383 bits per heavy atom. The molecule has 474 valence electrons. The molecule has 0 unspecified atom stereocenters. The van der Waals surface area contributed by atoms with Crippen molar-refractivity contribution >= 4 is 11.9 Å². The molecule has 5 rings (SSSR count). The highest BCUT2D eigenvalue weighted by Gasteiger charge is 2.60. The minimum atomic E-state index is -1.89. The first-order chi connectivity index (χ1) is 39.1. The Balaban J connectivity index is 1.44. The van der Waals surface area contributed by atoms with Gasteiger partial charge in [0.2, 0.25) is 0 Å². The molecule has 0 aliphatic carbocycles. The smallest absolute Gasteiger partial charge is 0.335 e. The Morgan fingerprint density at radius 3 is 1.16 bits per heavy atom. The second-order valence-corrected chi connectivity index (χ2v) is 20.3. The lowest BCUT2D eigenvalue weighted by atomic mass is 9.94. The van der Waals surface area contributed by atoms with E-state index in [2.05, 4.69) is 0 Å². The zero-order chi connectivity index (χ0) is 59.3. The number of rotatable bonds is 36. The minimum Gasteiger partial charge on any atom is -0.479 e. The maximum Gasteiger partial charge on any atom is 0.335 e. The molecule has 0 radical (unpaired) electrons. The van der Waals surface area contributed by atoms with Crippen LogP contribution in [-0.4, -0.2) is 292 Å². The molecule has 28 heteroatoms. The fraction of sp³-hybridized carbons (Fsp3) is 0.962. The van der Waals surface area contributed by atoms with Crippen LogP contribution in [0.15, 0.2) is 0 Å². The molecule has 0 bridgehead atoms. The van der Waals surface area contributed by atoms with Crippen molar-refractivity contribution in [1.29, 1.82) is 0 Å². The second kappa shape index (κ2) is 35.6. The molecule has 0 spiro atoms. The van der Waals surface area contributed by atoms with Crippen molar-refractivity contribution < 1.29 is 135 Å². The van der Waals surface area contributed by atoms with Crippen LogP contribution in [0.4, 0.5) is 0 Å². The highest BCUT2D eigenvalue weighted by atomic mass is 16.8. The van der Waals surface area contributed by atoms with Crippen molar-refractivity contribution in [3.63, 3.8) is 0 Å². The molecule has 6 N–H and O–H groups in total. The summed E-state index contributed by atoms with van der Waals surface area (Å²) < 4.78 is 122. The Bertz CT molecular complexity index is 1760. The van der Waals surface area contributed by atoms with E-state index in [1.165, 1.54) is 49.8 Å². The zero-order valence-electron chi connectivity index (χ0n) is 48.7. The van der Waals surface area contributed by atoms with Gasteiger partial charge in [0.1, 0.15) is 110 Å². The zero-order valence-corrected chi connectivity index (χ0v) is 48.7. The van der Waals surface area contributed by atoms with Crippen molar-refractivity contribution in [1.82, 2.24) is 0 Å². The van der Waals surface area contributed by atoms with E-state index in [4.69, 9.17) is 94.7 Å². The van der Waals surface area contributed by atoms with Crippen molar-refractivity contribution in [3.05, 3.63) is 0 Å². The van der Waals surface area contributed by atoms with Crippen LogP contribution in [0.25, 0.3) is 0 Å². The first-order valence-electron chi connectivity index (χ1n) is 28.2. The minimum absolute atomic E-state index is 0.0301. The molecule has 5 aliphatic heterocycles. The molecule has 5 aliphatic rings. The van der Waals surface area contributed by atoms with Crippen LogP contribution in [0.2, 0.25) is 0 Å². The lowest BCUT2D eigenvalue weighted by Gasteiger charge is -2.51. The molecular weight excluding hydrogens is 1080 g/mol. The second-order valence-electron chi connectivity index (χ2n) is 20.3. The highest BCUT2D eigenvalue weighted by Crippen LogP contribution is 2.39. The molecule has 5 heterocycles. The lowest BCUT2D eigenvalue weighted by molar-refractivity contribution is -0.394. The Kier molecular flexibility index (Phi) is 30.6. The quantitative estimate of drug-likeness (QED) is 0.0454. The van der Waals surface area contributed by atoms with Gasteiger partial charge in [0.25, 0.3) is 0 Å². The molecular formula is C53H94O28. The van der Waals surface area contributed by atoms with E-state index in [9.17, 15) is 40.2 Å². The van der Waals surface area contributed by atoms with Crippen LogP contribution in [-0.2, 0) is 104 Å². The van der Waals surface area contributed by atoms with Gasteiger partial charge in [-0.25, -0.2) is 9.59 Å². The van der Waals surface area contributed by atoms with Gasteiger partial charge in [-0.05, 0) is 25.7 Å². The van der Waals surface area contributed by atoms with Crippen LogP contribution in [0.3, 0.4) is 0 Å². The van der Waals surface area contributed by atoms with Crippen LogP contribution in [0.5, 0.6) is 0 Å². The summed E-state index contributed by atoms with van der Waals surface area (Å²) in [6.07, 6.45) is -28.1. The van der Waals surface area contributed by atoms with Crippen molar-refractivity contribution in [2.45, 2.75) is 233 Å². The third-order valence-corrected chi connectivity index (χ3v) is 15.1. The maximum atomic E-state index is 13.5. The fourth-order valence-electron chi connectivity index (χ4n) is 10.7. The normalized spacial score (nSPS) is 40.4. The van der Waals surface area contributed by atoms with Gasteiger partial charge in [0, 0.05) is 76.2 Å². The summed E-state index contributed by atoms with van der Waals surface area (Å²) >= 11 is 0. The van der Waals surface area contributed by atoms with Crippen LogP contribution in [0.1, 0.15) is 79.1 Å². The Hall–Kier alpha value is -2.02. The van der Waals surface area contributed by atoms with Gasteiger partial charge in [-0.2, -0.15) is 0 Å². The van der Waals surface area contributed by atoms with Gasteiger partial charge in [0.15, 0.2) is 43.7 Å². The number of unbranched alkanes of at least 4 members (excludes halogenated alkanes) is 4. The van der Waals surface area contributed by atoms with Gasteiger partial charge in [0.05, 0.1) is 19.8 Å². The number of ether oxygens (including phenoxy) is 20. The molecule has 28 nitrogen and oxygen atoms in total. The summed E-state index contributed by atoms with van der Waals surface area (Å²) in [6, 6.07) is 0. The summed E-state index contributed by atoms with van der Waals surface area (Å²) in [5.41, 5.74) is 0. The van der Waals surface area contributed by atoms with Gasteiger partial charge < -0.3 is 125 Å². The Labute approximate surface area is 474 Å². The molecule has 0 saturated carbocycles. The van der Waals surface area contributed by atoms with E-state index in [1.54, 1.807) is 0 Å². The number of carboxylic acid groups (broad SMARTS) is 2. The van der Waals surface area contributed by atoms with E-state index in [0.29, 0.717) is 32.3 Å². The molecule has 0 aromatic heterocycles. The molecule has 0 aromatic carbocycles. The number of methoxy groups -OCH3 is 7. The number of aliphatic hydroxyl groups is 4. The average Bonchev–Trinajstić information content (AvgIpc) is 3.46. The molecule has 81 heavy (non-hydrogen) atoms. The largest absolute Gasteiger partial charge is 0.479 e. The van der Waals surface area contributed by atoms with Crippen LogP contribution >= 0.6 is 0 Å². The highest BCUT2D eigenvalue weighted by molar-refractivity contribution is 5.74. The summed E-state index contributed by atoms with van der Waals surface area (Å²) in [7, 11) is 9.37. The molecule has 5 fully saturated rings. The van der Waals surface area contributed by atoms with Gasteiger partial charge in [-0.1, -0.05) is 53.4 Å². The van der Waals surface area contributed by atoms with E-state index < -0.39 is 179 Å². The van der Waals surface area contributed by atoms with Gasteiger partial charge in [-0.15, -0.1) is 0 Å². The predicted octanol–water partition coefficient (Wildman–Crippen LogP) is 0.136. The van der Waals surface area contributed by atoms with Crippen molar-refractivity contribution in [2.24, 2.45) is 0 Å². The number of hydrogen-bond acceptors (Lipinski definition) is 26. The van der Waals surface area contributed by atoms with Crippen molar-refractivity contribution in [3.8, 4) is 0 Å². The van der Waals surface area contributed by atoms with Gasteiger partial charge >= 0.3 is 11.9 Å². The monoisotopic (exact) mass is 1180 g/mol. The SMILES string of the molecule is CCCCOC[C@H]1O[C@H](O)[C@H](OCCCC)[C@@H](OCCCC)[C@@H]1O[C@@H]1O[C@@H](C(=O)O)[C@@H](O[C@H]2O[C@H](CO)[C@@H](O[C@@H]3O[C@H](C(=O)O)[C@@H](O[C@H]4O[C@H](CO)[C@@H](OC)[C@H](OC)[C@H]4OC)[C@H](OC)[C@H]3OC)[C@H](O)[C@H]2OCCCC)[C@H](OC)[C@H]1OC. The molecule has 5 saturated heterocycles. The third-order valence-electron chi connectivity index (χ3n) is 15.1. The van der Waals surface area contributed by atoms with Gasteiger partial charge in [-0.3, -0.25) is 0 Å². The summed E-state index contributed by atoms with van der Waals surface area (Å²) in [5.74, 6) is -3.04. The van der Waals surface area contributed by atoms with Crippen LogP contribution in [0, 0.1) is 0 Å². The number of hydrogen-bond donors (Lipinski definition) is 6. The van der Waals surface area contributed by atoms with Crippen molar-refractivity contribution in [2.75, 3.05) is 96.0 Å². The third kappa shape index (κ3) is 17.4. The number of aliphatic hydroxyl groups excluding tert-OH is 4. The first kappa shape index (κ1) is 69.7. The molecule has 25 atom stereocenters. The summed E-state index contributed by atoms with van der Waals surface area (Å²) in [6.45, 7) is 7.49. The lowest BCUT2D eigenvalue weighted by Crippen LogP contribution is -2.69. The number of aliphatic carboxylic acids is 2. The fourth-order valence-corrected chi connectivity index (χ4v) is 10.7. The topological polar surface area (TPSA) is 340 Å². The Morgan fingerprint density at radius 2 is 0.741 bits per heavy atom. The number of carboxylic acids is 2. The van der Waals surface area contributed by atoms with E-state index in [1.807, 2.05) is 27.7 Å². The molecule has 0 amide bonds. The van der Waals surface area contributed by atoms with E-state index >= 15 is 0 Å². The van der Waals surface area contributed by atoms with E-state index in [-0.39, 0.29) is 26.4 Å². The standard InChI is InChI=1S/C53H94O28/c1-12-16-20-69-26-29-33(38(71-22-18-14-3)43(49(61)73-29)72-23-19-15-4)77-53-46(68-11)36(64-7)39(41(81-53)47(57)58)78-50-34(70-21-17-13-2)30(56)31(27(24-54)74-50)76-52-45(67-10)37(65-8)40(42(80-52)48(59)60)79-51-44(66-9)35(63-6)32(62-5)28(25-55)75-51/h27-46,49-56,61H,12-26H2,1-11H3,(H,57,58)(H,59,60)/t27-,28-,29-,30+,31-,32-,33-,34-,35+,36+,37+,38+,39+,40+,41-,42+,43-,44-,45-,46-,49+,50-,51-,52-,53-/m1/s1. The first-order valence-corrected chi connectivity index (χ1v) is 28.2. The molecule has 0 aromatic rings. The maximum absolute atomic E-state index is 13.5. The van der Waals surface area contributed by atoms with E-state index in [0.717, 1.165) is 25.7 Å².